The maximum Gasteiger partial charge on any atom is 0.325 e. The summed E-state index contributed by atoms with van der Waals surface area (Å²) in [5, 5.41) is 0.503. The lowest BCUT2D eigenvalue weighted by Crippen LogP contribution is -2.26. The molecule has 0 unspecified atom stereocenters. The van der Waals surface area contributed by atoms with Crippen molar-refractivity contribution in [2.45, 2.75) is 11.7 Å². The first kappa shape index (κ1) is 12.1. The van der Waals surface area contributed by atoms with Gasteiger partial charge < -0.3 is 4.74 Å². The molecule has 15 heavy (non-hydrogen) atoms. The molecule has 0 aliphatic rings. The third-order valence-corrected chi connectivity index (χ3v) is 2.51. The fourth-order valence-corrected chi connectivity index (χ4v) is 1.74. The summed E-state index contributed by atoms with van der Waals surface area (Å²) in [6, 6.07) is 1.16. The van der Waals surface area contributed by atoms with E-state index in [0.29, 0.717) is 5.16 Å². The second kappa shape index (κ2) is 5.18. The molecule has 0 spiro atoms. The average Bonchev–Trinajstić information content (AvgIpc) is 2.21. The minimum atomic E-state index is -0.503. The number of aromatic nitrogens is 2. The number of carbonyl (C=O) groups is 1. The highest BCUT2D eigenvalue weighted by molar-refractivity contribution is 7.98. The summed E-state index contributed by atoms with van der Waals surface area (Å²) in [5.41, 5.74) is -0.371. The molecule has 0 radical (unpaired) electrons. The Kier molecular flexibility index (Phi) is 4.16. The zero-order chi connectivity index (χ0) is 11.4. The van der Waals surface area contributed by atoms with Gasteiger partial charge in [0.25, 0.3) is 5.56 Å². The number of ether oxygens (including phenoxy) is 1. The highest BCUT2D eigenvalue weighted by atomic mass is 35.5. The smallest absolute Gasteiger partial charge is 0.325 e. The Morgan fingerprint density at radius 1 is 1.73 bits per heavy atom. The van der Waals surface area contributed by atoms with E-state index in [9.17, 15) is 9.59 Å². The minimum Gasteiger partial charge on any atom is -0.468 e. The van der Waals surface area contributed by atoms with Gasteiger partial charge in [-0.3, -0.25) is 14.2 Å². The molecule has 0 saturated carbocycles. The molecule has 0 N–H and O–H groups in total. The van der Waals surface area contributed by atoms with E-state index in [0.717, 1.165) is 6.07 Å². The first-order valence-electron chi connectivity index (χ1n) is 3.96. The zero-order valence-corrected chi connectivity index (χ0v) is 9.76. The highest BCUT2D eigenvalue weighted by Crippen LogP contribution is 2.12. The number of thioether (sulfide) groups is 1. The number of methoxy groups -OCH3 is 1. The Morgan fingerprint density at radius 2 is 2.40 bits per heavy atom. The molecule has 0 saturated heterocycles. The quantitative estimate of drug-likeness (QED) is 0.343. The van der Waals surface area contributed by atoms with Crippen LogP contribution in [-0.4, -0.2) is 28.9 Å². The Hall–Kier alpha value is -1.01. The SMILES string of the molecule is COC(=O)Cn1c(SC)nc(Cl)cc1=O. The fraction of sp³-hybridized carbons (Fsp3) is 0.375. The number of rotatable bonds is 3. The van der Waals surface area contributed by atoms with Gasteiger partial charge in [0.1, 0.15) is 11.7 Å². The molecular formula is C8H9ClN2O3S. The van der Waals surface area contributed by atoms with Gasteiger partial charge in [-0.2, -0.15) is 0 Å². The predicted molar refractivity (Wildman–Crippen MR) is 57.3 cm³/mol. The van der Waals surface area contributed by atoms with E-state index < -0.39 is 5.97 Å². The van der Waals surface area contributed by atoms with Crippen molar-refractivity contribution in [1.82, 2.24) is 9.55 Å². The zero-order valence-electron chi connectivity index (χ0n) is 8.19. The number of hydrogen-bond acceptors (Lipinski definition) is 5. The molecule has 0 atom stereocenters. The molecule has 7 heteroatoms. The number of carbonyl (C=O) groups excluding carboxylic acids is 1. The van der Waals surface area contributed by atoms with Crippen molar-refractivity contribution in [3.05, 3.63) is 21.6 Å². The summed E-state index contributed by atoms with van der Waals surface area (Å²) in [6.07, 6.45) is 1.74. The highest BCUT2D eigenvalue weighted by Gasteiger charge is 2.10. The first-order valence-corrected chi connectivity index (χ1v) is 5.57. The van der Waals surface area contributed by atoms with Crippen LogP contribution in [0.15, 0.2) is 16.0 Å². The fourth-order valence-electron chi connectivity index (χ4n) is 0.953. The van der Waals surface area contributed by atoms with Gasteiger partial charge in [0.2, 0.25) is 0 Å². The van der Waals surface area contributed by atoms with E-state index in [1.807, 2.05) is 0 Å². The van der Waals surface area contributed by atoms with E-state index in [-0.39, 0.29) is 17.3 Å². The van der Waals surface area contributed by atoms with Crippen LogP contribution in [0.25, 0.3) is 0 Å². The van der Waals surface area contributed by atoms with Crippen LogP contribution in [0.2, 0.25) is 5.15 Å². The number of esters is 1. The topological polar surface area (TPSA) is 61.2 Å². The lowest BCUT2D eigenvalue weighted by Gasteiger charge is -2.08. The summed E-state index contributed by atoms with van der Waals surface area (Å²) in [4.78, 5) is 26.4. The molecule has 0 bridgehead atoms. The van der Waals surface area contributed by atoms with Crippen molar-refractivity contribution in [2.75, 3.05) is 13.4 Å². The summed E-state index contributed by atoms with van der Waals surface area (Å²) < 4.78 is 5.68. The van der Waals surface area contributed by atoms with Crippen LogP contribution in [0.5, 0.6) is 0 Å². The summed E-state index contributed by atoms with van der Waals surface area (Å²) in [6.45, 7) is -0.157. The summed E-state index contributed by atoms with van der Waals surface area (Å²) >= 11 is 6.85. The van der Waals surface area contributed by atoms with E-state index in [4.69, 9.17) is 11.6 Å². The summed E-state index contributed by atoms with van der Waals surface area (Å²) in [7, 11) is 1.26. The molecule has 82 valence electrons. The standard InChI is InChI=1S/C8H9ClN2O3S/c1-14-7(13)4-11-6(12)3-5(9)10-8(11)15-2/h3H,4H2,1-2H3. The lowest BCUT2D eigenvalue weighted by molar-refractivity contribution is -0.141. The molecule has 1 aromatic heterocycles. The van der Waals surface area contributed by atoms with Gasteiger partial charge in [-0.05, 0) is 6.26 Å². The minimum absolute atomic E-state index is 0.116. The van der Waals surface area contributed by atoms with E-state index >= 15 is 0 Å². The van der Waals surface area contributed by atoms with Gasteiger partial charge in [-0.25, -0.2) is 4.98 Å². The van der Waals surface area contributed by atoms with Gasteiger partial charge >= 0.3 is 5.97 Å². The van der Waals surface area contributed by atoms with Gasteiger partial charge in [0.05, 0.1) is 7.11 Å². The second-order valence-electron chi connectivity index (χ2n) is 2.57. The van der Waals surface area contributed by atoms with Crippen LogP contribution in [0.4, 0.5) is 0 Å². The molecule has 0 aliphatic carbocycles. The van der Waals surface area contributed by atoms with Gasteiger partial charge in [-0.15, -0.1) is 0 Å². The van der Waals surface area contributed by atoms with Crippen molar-refractivity contribution >= 4 is 29.3 Å². The molecule has 1 heterocycles. The molecule has 0 aromatic carbocycles. The van der Waals surface area contributed by atoms with Crippen molar-refractivity contribution in [3.63, 3.8) is 0 Å². The molecule has 0 aliphatic heterocycles. The summed E-state index contributed by atoms with van der Waals surface area (Å²) in [5.74, 6) is -0.503. The lowest BCUT2D eigenvalue weighted by atomic mass is 10.5. The maximum atomic E-state index is 11.5. The van der Waals surface area contributed by atoms with Crippen LogP contribution < -0.4 is 5.56 Å². The maximum absolute atomic E-state index is 11.5. The molecule has 0 fully saturated rings. The third-order valence-electron chi connectivity index (χ3n) is 1.64. The van der Waals surface area contributed by atoms with Crippen molar-refractivity contribution in [1.29, 1.82) is 0 Å². The Labute approximate surface area is 95.4 Å². The van der Waals surface area contributed by atoms with Crippen molar-refractivity contribution < 1.29 is 9.53 Å². The first-order chi connectivity index (χ1) is 7.08. The van der Waals surface area contributed by atoms with Gasteiger partial charge in [-0.1, -0.05) is 23.4 Å². The molecule has 1 rings (SSSR count). The number of nitrogens with zero attached hydrogens (tertiary/aromatic N) is 2. The Balaban J connectivity index is 3.15. The van der Waals surface area contributed by atoms with Gasteiger partial charge in [0, 0.05) is 6.07 Å². The van der Waals surface area contributed by atoms with Crippen LogP contribution in [0.3, 0.4) is 0 Å². The van der Waals surface area contributed by atoms with E-state index in [2.05, 4.69) is 9.72 Å². The van der Waals surface area contributed by atoms with Gasteiger partial charge in [0.15, 0.2) is 5.16 Å². The van der Waals surface area contributed by atoms with Crippen LogP contribution in [0.1, 0.15) is 0 Å². The van der Waals surface area contributed by atoms with Crippen molar-refractivity contribution in [2.24, 2.45) is 0 Å². The predicted octanol–water partition coefficient (Wildman–Crippen LogP) is 0.792. The Morgan fingerprint density at radius 3 is 2.93 bits per heavy atom. The average molecular weight is 249 g/mol. The van der Waals surface area contributed by atoms with Crippen LogP contribution in [-0.2, 0) is 16.1 Å². The molecule has 5 nitrogen and oxygen atoms in total. The van der Waals surface area contributed by atoms with E-state index in [1.54, 1.807) is 6.26 Å². The number of halogens is 1. The second-order valence-corrected chi connectivity index (χ2v) is 3.73. The number of hydrogen-bond donors (Lipinski definition) is 0. The molecule has 0 amide bonds. The van der Waals surface area contributed by atoms with Crippen LogP contribution in [0, 0.1) is 0 Å². The normalized spacial score (nSPS) is 10.1. The third kappa shape index (κ3) is 2.97. The molecule has 1 aromatic rings. The molecular weight excluding hydrogens is 240 g/mol. The Bertz CT molecular complexity index is 432. The van der Waals surface area contributed by atoms with E-state index in [1.165, 1.54) is 23.4 Å². The van der Waals surface area contributed by atoms with Crippen LogP contribution >= 0.6 is 23.4 Å². The largest absolute Gasteiger partial charge is 0.468 e. The van der Waals surface area contributed by atoms with Crippen molar-refractivity contribution in [3.8, 4) is 0 Å². The monoisotopic (exact) mass is 248 g/mol.